The van der Waals surface area contributed by atoms with Crippen LogP contribution in [-0.2, 0) is 20.9 Å². The Bertz CT molecular complexity index is 551. The quantitative estimate of drug-likeness (QED) is 0.519. The van der Waals surface area contributed by atoms with Gasteiger partial charge in [0.05, 0.1) is 14.2 Å². The molecule has 0 N–H and O–H groups in total. The minimum absolute atomic E-state index is 0.154. The van der Waals surface area contributed by atoms with Crippen LogP contribution in [0, 0.1) is 0 Å². The van der Waals surface area contributed by atoms with Crippen molar-refractivity contribution in [2.45, 2.75) is 25.4 Å². The van der Waals surface area contributed by atoms with Gasteiger partial charge in [-0.25, -0.2) is 4.79 Å². The fourth-order valence-corrected chi connectivity index (χ4v) is 2.19. The van der Waals surface area contributed by atoms with E-state index in [4.69, 9.17) is 9.47 Å². The highest BCUT2D eigenvalue weighted by Crippen LogP contribution is 2.17. The Labute approximate surface area is 137 Å². The number of carbonyl (C=O) groups is 2. The average molecular weight is 317 g/mol. The second-order valence-electron chi connectivity index (χ2n) is 4.93. The van der Waals surface area contributed by atoms with Crippen LogP contribution >= 0.6 is 0 Å². The molecule has 1 rings (SSSR count). The van der Waals surface area contributed by atoms with Gasteiger partial charge in [-0.1, -0.05) is 24.3 Å². The van der Waals surface area contributed by atoms with E-state index in [2.05, 4.69) is 13.2 Å². The maximum atomic E-state index is 12.4. The Morgan fingerprint density at radius 3 is 2.30 bits per heavy atom. The Hall–Kier alpha value is -2.56. The number of esters is 1. The van der Waals surface area contributed by atoms with Crippen molar-refractivity contribution in [2.24, 2.45) is 0 Å². The van der Waals surface area contributed by atoms with Gasteiger partial charge in [0.2, 0.25) is 5.91 Å². The van der Waals surface area contributed by atoms with Gasteiger partial charge in [-0.2, -0.15) is 0 Å². The number of methoxy groups -OCH3 is 2. The van der Waals surface area contributed by atoms with Crippen LogP contribution in [-0.4, -0.2) is 37.0 Å². The van der Waals surface area contributed by atoms with Crippen LogP contribution in [0.3, 0.4) is 0 Å². The van der Waals surface area contributed by atoms with Gasteiger partial charge in [0.15, 0.2) is 0 Å². The lowest BCUT2D eigenvalue weighted by Gasteiger charge is -2.29. The van der Waals surface area contributed by atoms with Crippen molar-refractivity contribution < 1.29 is 19.1 Å². The highest BCUT2D eigenvalue weighted by atomic mass is 16.5. The van der Waals surface area contributed by atoms with E-state index >= 15 is 0 Å². The summed E-state index contributed by atoms with van der Waals surface area (Å²) in [5.41, 5.74) is 0.890. The summed E-state index contributed by atoms with van der Waals surface area (Å²) in [5.74, 6) is 0.0808. The van der Waals surface area contributed by atoms with Crippen molar-refractivity contribution in [3.05, 3.63) is 55.1 Å². The molecule has 0 bridgehead atoms. The van der Waals surface area contributed by atoms with Crippen molar-refractivity contribution in [1.29, 1.82) is 0 Å². The molecule has 0 aromatic heterocycles. The molecule has 1 aromatic rings. The van der Waals surface area contributed by atoms with Crippen LogP contribution < -0.4 is 4.74 Å². The van der Waals surface area contributed by atoms with Crippen molar-refractivity contribution >= 4 is 11.9 Å². The van der Waals surface area contributed by atoms with Gasteiger partial charge in [0.1, 0.15) is 11.8 Å². The second-order valence-corrected chi connectivity index (χ2v) is 4.93. The Morgan fingerprint density at radius 2 is 1.83 bits per heavy atom. The smallest absolute Gasteiger partial charge is 0.328 e. The molecule has 0 aliphatic rings. The summed E-state index contributed by atoms with van der Waals surface area (Å²) < 4.78 is 9.94. The van der Waals surface area contributed by atoms with Crippen LogP contribution in [0.15, 0.2) is 49.6 Å². The van der Waals surface area contributed by atoms with E-state index in [1.165, 1.54) is 18.1 Å². The number of rotatable bonds is 9. The lowest BCUT2D eigenvalue weighted by molar-refractivity contribution is -0.153. The highest BCUT2D eigenvalue weighted by Gasteiger charge is 2.29. The maximum Gasteiger partial charge on any atom is 0.328 e. The third-order valence-electron chi connectivity index (χ3n) is 3.39. The predicted molar refractivity (Wildman–Crippen MR) is 89.0 cm³/mol. The molecule has 5 nitrogen and oxygen atoms in total. The molecule has 0 heterocycles. The number of benzene rings is 1. The minimum Gasteiger partial charge on any atom is -0.497 e. The fraction of sp³-hybridized carbons (Fsp3) is 0.333. The number of hydrogen-bond acceptors (Lipinski definition) is 4. The molecule has 1 unspecified atom stereocenters. The highest BCUT2D eigenvalue weighted by molar-refractivity contribution is 5.85. The molecule has 0 saturated carbocycles. The summed E-state index contributed by atoms with van der Waals surface area (Å²) >= 11 is 0. The van der Waals surface area contributed by atoms with Crippen LogP contribution in [0.4, 0.5) is 0 Å². The van der Waals surface area contributed by atoms with E-state index in [0.29, 0.717) is 13.0 Å². The first-order valence-corrected chi connectivity index (χ1v) is 7.29. The summed E-state index contributed by atoms with van der Waals surface area (Å²) in [5, 5.41) is 0. The second kappa shape index (κ2) is 9.46. The monoisotopic (exact) mass is 317 g/mol. The standard InChI is InChI=1S/C18H23NO4/c1-5-7-16(18(21)23-4)19(17(20)8-6-2)13-14-9-11-15(22-3)12-10-14/h5-6,9-12,16H,1-2,7-8,13H2,3-4H3. The van der Waals surface area contributed by atoms with Crippen molar-refractivity contribution in [2.75, 3.05) is 14.2 Å². The third kappa shape index (κ3) is 5.29. The minimum atomic E-state index is -0.702. The number of hydrogen-bond donors (Lipinski definition) is 0. The van der Waals surface area contributed by atoms with Crippen molar-refractivity contribution in [1.82, 2.24) is 4.90 Å². The normalized spacial score (nSPS) is 11.2. The lowest BCUT2D eigenvalue weighted by atomic mass is 10.1. The van der Waals surface area contributed by atoms with E-state index in [1.807, 2.05) is 24.3 Å². The van der Waals surface area contributed by atoms with Gasteiger partial charge < -0.3 is 14.4 Å². The van der Waals surface area contributed by atoms with Crippen LogP contribution in [0.5, 0.6) is 5.75 Å². The third-order valence-corrected chi connectivity index (χ3v) is 3.39. The van der Waals surface area contributed by atoms with Gasteiger partial charge in [0.25, 0.3) is 0 Å². The fourth-order valence-electron chi connectivity index (χ4n) is 2.19. The van der Waals surface area contributed by atoms with Crippen LogP contribution in [0.1, 0.15) is 18.4 Å². The summed E-state index contributed by atoms with van der Waals surface area (Å²) in [6.45, 7) is 7.53. The molecule has 1 amide bonds. The first kappa shape index (κ1) is 18.5. The Morgan fingerprint density at radius 1 is 1.17 bits per heavy atom. The maximum absolute atomic E-state index is 12.4. The first-order valence-electron chi connectivity index (χ1n) is 7.29. The molecule has 0 aliphatic heterocycles. The Kier molecular flexibility index (Phi) is 7.60. The average Bonchev–Trinajstić information content (AvgIpc) is 2.58. The topological polar surface area (TPSA) is 55.8 Å². The lowest BCUT2D eigenvalue weighted by Crippen LogP contribution is -2.44. The zero-order valence-electron chi connectivity index (χ0n) is 13.7. The summed E-state index contributed by atoms with van der Waals surface area (Å²) in [6, 6.07) is 6.63. The van der Waals surface area contributed by atoms with Gasteiger partial charge in [-0.05, 0) is 24.1 Å². The zero-order valence-corrected chi connectivity index (χ0v) is 13.7. The summed E-state index contributed by atoms with van der Waals surface area (Å²) in [6.07, 6.45) is 3.60. The van der Waals surface area contributed by atoms with Gasteiger partial charge in [-0.15, -0.1) is 13.2 Å². The number of carbonyl (C=O) groups excluding carboxylic acids is 2. The molecule has 0 radical (unpaired) electrons. The van der Waals surface area contributed by atoms with Crippen LogP contribution in [0.25, 0.3) is 0 Å². The Balaban J connectivity index is 3.06. The van der Waals surface area contributed by atoms with E-state index in [0.717, 1.165) is 11.3 Å². The van der Waals surface area contributed by atoms with Crippen molar-refractivity contribution in [3.63, 3.8) is 0 Å². The zero-order chi connectivity index (χ0) is 17.2. The van der Waals surface area contributed by atoms with Crippen LogP contribution in [0.2, 0.25) is 0 Å². The molecule has 23 heavy (non-hydrogen) atoms. The van der Waals surface area contributed by atoms with Gasteiger partial charge in [0, 0.05) is 13.0 Å². The molecule has 0 saturated heterocycles. The molecule has 0 fully saturated rings. The molecule has 124 valence electrons. The molecule has 5 heteroatoms. The van der Waals surface area contributed by atoms with E-state index in [-0.39, 0.29) is 12.3 Å². The molecular weight excluding hydrogens is 294 g/mol. The van der Waals surface area contributed by atoms with Crippen molar-refractivity contribution in [3.8, 4) is 5.75 Å². The summed E-state index contributed by atoms with van der Waals surface area (Å²) in [4.78, 5) is 25.9. The van der Waals surface area contributed by atoms with E-state index in [1.54, 1.807) is 13.2 Å². The number of amides is 1. The van der Waals surface area contributed by atoms with Gasteiger partial charge in [-0.3, -0.25) is 4.79 Å². The molecule has 0 aliphatic carbocycles. The van der Waals surface area contributed by atoms with E-state index < -0.39 is 12.0 Å². The largest absolute Gasteiger partial charge is 0.497 e. The molecule has 1 aromatic carbocycles. The molecular formula is C18H23NO4. The molecule has 1 atom stereocenters. The van der Waals surface area contributed by atoms with E-state index in [9.17, 15) is 9.59 Å². The summed E-state index contributed by atoms with van der Waals surface area (Å²) in [7, 11) is 2.90. The first-order chi connectivity index (χ1) is 11.1. The molecule has 0 spiro atoms. The van der Waals surface area contributed by atoms with Gasteiger partial charge >= 0.3 is 5.97 Å². The number of nitrogens with zero attached hydrogens (tertiary/aromatic N) is 1. The number of ether oxygens (including phenoxy) is 2. The SMILES string of the molecule is C=CCC(=O)N(Cc1ccc(OC)cc1)C(CC=C)C(=O)OC. The predicted octanol–water partition coefficient (Wildman–Crippen LogP) is 2.72.